The molecule has 1 heterocycles. The number of carbonyl (C=O) groups excluding carboxylic acids is 1. The van der Waals surface area contributed by atoms with Crippen LogP contribution >= 0.6 is 11.5 Å². The summed E-state index contributed by atoms with van der Waals surface area (Å²) in [5.74, 6) is 1.56. The Balaban J connectivity index is 1.64. The Morgan fingerprint density at radius 3 is 2.56 bits per heavy atom. The third-order valence-electron chi connectivity index (χ3n) is 6.19. The molecule has 194 valence electrons. The van der Waals surface area contributed by atoms with Crippen molar-refractivity contribution >= 4 is 22.6 Å². The minimum atomic E-state index is 0.00539. The number of benzene rings is 2. The molecule has 0 aliphatic heterocycles. The van der Waals surface area contributed by atoms with Crippen LogP contribution in [0.2, 0.25) is 0 Å². The normalized spacial score (nSPS) is 11.9. The van der Waals surface area contributed by atoms with Crippen molar-refractivity contribution in [2.75, 3.05) is 38.2 Å². The Hall–Kier alpha value is -2.97. The first-order valence-electron chi connectivity index (χ1n) is 12.8. The summed E-state index contributed by atoms with van der Waals surface area (Å²) in [6.45, 7) is 10.5. The van der Waals surface area contributed by atoms with Crippen LogP contribution in [0.15, 0.2) is 54.6 Å². The molecule has 7 nitrogen and oxygen atoms in total. The summed E-state index contributed by atoms with van der Waals surface area (Å²) in [7, 11) is 1.66. The highest BCUT2D eigenvalue weighted by Gasteiger charge is 2.18. The summed E-state index contributed by atoms with van der Waals surface area (Å²) >= 11 is 1.34. The highest BCUT2D eigenvalue weighted by Crippen LogP contribution is 2.22. The van der Waals surface area contributed by atoms with E-state index in [1.807, 2.05) is 47.4 Å². The minimum Gasteiger partial charge on any atom is -0.497 e. The highest BCUT2D eigenvalue weighted by molar-refractivity contribution is 7.09. The highest BCUT2D eigenvalue weighted by atomic mass is 32.1. The van der Waals surface area contributed by atoms with Gasteiger partial charge in [0.15, 0.2) is 0 Å². The van der Waals surface area contributed by atoms with E-state index in [4.69, 9.17) is 9.72 Å². The monoisotopic (exact) mass is 509 g/mol. The van der Waals surface area contributed by atoms with Gasteiger partial charge in [0, 0.05) is 30.5 Å². The fraction of sp³-hybridized carbons (Fsp3) is 0.464. The number of rotatable bonds is 15. The maximum Gasteiger partial charge on any atom is 0.239 e. The number of aromatic nitrogens is 2. The molecule has 0 aliphatic carbocycles. The lowest BCUT2D eigenvalue weighted by Gasteiger charge is -2.23. The first-order valence-corrected chi connectivity index (χ1v) is 13.5. The van der Waals surface area contributed by atoms with Crippen LogP contribution in [-0.4, -0.2) is 59.5 Å². The first kappa shape index (κ1) is 27.6. The van der Waals surface area contributed by atoms with Crippen molar-refractivity contribution in [3.63, 3.8) is 0 Å². The van der Waals surface area contributed by atoms with Crippen LogP contribution in [0.25, 0.3) is 0 Å². The molecule has 0 saturated heterocycles. The molecule has 0 saturated carbocycles. The summed E-state index contributed by atoms with van der Waals surface area (Å²) < 4.78 is 9.91. The van der Waals surface area contributed by atoms with Gasteiger partial charge in [0.05, 0.1) is 13.7 Å². The molecule has 36 heavy (non-hydrogen) atoms. The average Bonchev–Trinajstić information content (AvgIpc) is 3.35. The molecule has 2 aromatic carbocycles. The fourth-order valence-corrected chi connectivity index (χ4v) is 4.82. The van der Waals surface area contributed by atoms with E-state index >= 15 is 0 Å². The van der Waals surface area contributed by atoms with Crippen LogP contribution in [0.4, 0.5) is 5.13 Å². The van der Waals surface area contributed by atoms with Gasteiger partial charge in [0.1, 0.15) is 11.6 Å². The third kappa shape index (κ3) is 8.91. The molecule has 1 amide bonds. The van der Waals surface area contributed by atoms with E-state index in [0.717, 1.165) is 60.3 Å². The molecule has 0 radical (unpaired) electrons. The third-order valence-corrected chi connectivity index (χ3v) is 7.00. The minimum absolute atomic E-state index is 0.00539. The lowest BCUT2D eigenvalue weighted by Crippen LogP contribution is -2.41. The Bertz CT molecular complexity index is 1050. The quantitative estimate of drug-likeness (QED) is 0.318. The van der Waals surface area contributed by atoms with E-state index in [-0.39, 0.29) is 18.5 Å². The van der Waals surface area contributed by atoms with Crippen molar-refractivity contribution in [1.82, 2.24) is 19.6 Å². The van der Waals surface area contributed by atoms with E-state index < -0.39 is 0 Å². The summed E-state index contributed by atoms with van der Waals surface area (Å²) in [5.41, 5.74) is 2.21. The SMILES string of the molecule is CCN(CC)CCCC(C)NC(=O)CN(Cc1ccccc1)c1nc(Cc2cccc(OC)c2)ns1. The molecule has 0 spiro atoms. The Labute approximate surface area is 219 Å². The summed E-state index contributed by atoms with van der Waals surface area (Å²) in [6.07, 6.45) is 2.65. The molecular weight excluding hydrogens is 470 g/mol. The molecule has 1 unspecified atom stereocenters. The van der Waals surface area contributed by atoms with Crippen LogP contribution in [0.3, 0.4) is 0 Å². The van der Waals surface area contributed by atoms with E-state index in [0.29, 0.717) is 13.0 Å². The van der Waals surface area contributed by atoms with Gasteiger partial charge in [-0.25, -0.2) is 4.98 Å². The molecule has 0 aliphatic rings. The van der Waals surface area contributed by atoms with Gasteiger partial charge in [-0.3, -0.25) is 4.79 Å². The maximum absolute atomic E-state index is 13.0. The standard InChI is InChI=1S/C28H39N5O2S/c1-5-32(6-2)17-11-12-22(3)29-27(34)21-33(20-23-13-8-7-9-14-23)28-30-26(31-36-28)19-24-15-10-16-25(18-24)35-4/h7-10,13-16,18,22H,5-6,11-12,17,19-21H2,1-4H3,(H,29,34). The van der Waals surface area contributed by atoms with Crippen LogP contribution in [-0.2, 0) is 17.8 Å². The molecule has 1 atom stereocenters. The first-order chi connectivity index (χ1) is 17.5. The number of anilines is 1. The van der Waals surface area contributed by atoms with Gasteiger partial charge in [0.25, 0.3) is 0 Å². The number of methoxy groups -OCH3 is 1. The second-order valence-electron chi connectivity index (χ2n) is 9.00. The lowest BCUT2D eigenvalue weighted by molar-refractivity contribution is -0.120. The zero-order valence-electron chi connectivity index (χ0n) is 21.9. The van der Waals surface area contributed by atoms with Gasteiger partial charge in [-0.15, -0.1) is 0 Å². The van der Waals surface area contributed by atoms with Gasteiger partial charge in [-0.1, -0.05) is 56.3 Å². The second kappa shape index (κ2) is 14.6. The maximum atomic E-state index is 13.0. The average molecular weight is 510 g/mol. The summed E-state index contributed by atoms with van der Waals surface area (Å²) in [6, 6.07) is 18.2. The van der Waals surface area contributed by atoms with Gasteiger partial charge in [-0.2, -0.15) is 4.37 Å². The number of nitrogens with one attached hydrogen (secondary N) is 1. The fourth-order valence-electron chi connectivity index (χ4n) is 4.13. The van der Waals surface area contributed by atoms with Crippen molar-refractivity contribution in [2.24, 2.45) is 0 Å². The molecular formula is C28H39N5O2S. The van der Waals surface area contributed by atoms with Gasteiger partial charge in [-0.05, 0) is 62.7 Å². The predicted molar refractivity (Wildman–Crippen MR) is 148 cm³/mol. The molecule has 1 aromatic heterocycles. The van der Waals surface area contributed by atoms with Crippen LogP contribution in [0, 0.1) is 0 Å². The Morgan fingerprint density at radius 2 is 1.83 bits per heavy atom. The van der Waals surface area contributed by atoms with Gasteiger partial charge >= 0.3 is 0 Å². The smallest absolute Gasteiger partial charge is 0.239 e. The molecule has 1 N–H and O–H groups in total. The zero-order valence-corrected chi connectivity index (χ0v) is 22.8. The van der Waals surface area contributed by atoms with Crippen molar-refractivity contribution in [3.8, 4) is 5.75 Å². The number of carbonyl (C=O) groups is 1. The van der Waals surface area contributed by atoms with Gasteiger partial charge in [0.2, 0.25) is 11.0 Å². The molecule has 0 fully saturated rings. The van der Waals surface area contributed by atoms with Crippen LogP contribution in [0.5, 0.6) is 5.75 Å². The predicted octanol–water partition coefficient (Wildman–Crippen LogP) is 4.77. The number of nitrogens with zero attached hydrogens (tertiary/aromatic N) is 4. The topological polar surface area (TPSA) is 70.6 Å². The summed E-state index contributed by atoms with van der Waals surface area (Å²) in [4.78, 5) is 22.2. The molecule has 0 bridgehead atoms. The number of amides is 1. The van der Waals surface area contributed by atoms with Crippen LogP contribution < -0.4 is 15.0 Å². The Morgan fingerprint density at radius 1 is 1.08 bits per heavy atom. The van der Waals surface area contributed by atoms with E-state index in [9.17, 15) is 4.79 Å². The van der Waals surface area contributed by atoms with E-state index in [1.165, 1.54) is 11.5 Å². The number of ether oxygens (including phenoxy) is 1. The molecule has 8 heteroatoms. The van der Waals surface area contributed by atoms with E-state index in [2.05, 4.69) is 47.5 Å². The van der Waals surface area contributed by atoms with Gasteiger partial charge < -0.3 is 19.9 Å². The number of hydrogen-bond acceptors (Lipinski definition) is 7. The second-order valence-corrected chi connectivity index (χ2v) is 9.73. The summed E-state index contributed by atoms with van der Waals surface area (Å²) in [5, 5.41) is 3.93. The van der Waals surface area contributed by atoms with E-state index in [1.54, 1.807) is 7.11 Å². The number of hydrogen-bond donors (Lipinski definition) is 1. The van der Waals surface area contributed by atoms with Crippen molar-refractivity contribution in [2.45, 2.75) is 52.6 Å². The zero-order chi connectivity index (χ0) is 25.8. The van der Waals surface area contributed by atoms with Crippen molar-refractivity contribution < 1.29 is 9.53 Å². The largest absolute Gasteiger partial charge is 0.497 e. The lowest BCUT2D eigenvalue weighted by atomic mass is 10.1. The van der Waals surface area contributed by atoms with Crippen LogP contribution in [0.1, 0.15) is 50.6 Å². The van der Waals surface area contributed by atoms with Crippen molar-refractivity contribution in [3.05, 3.63) is 71.5 Å². The Kier molecular flexibility index (Phi) is 11.2. The molecule has 3 aromatic rings. The van der Waals surface area contributed by atoms with Crippen molar-refractivity contribution in [1.29, 1.82) is 0 Å². The molecule has 3 rings (SSSR count).